The Hall–Kier alpha value is -2.07. The van der Waals surface area contributed by atoms with E-state index in [-0.39, 0.29) is 25.0 Å². The van der Waals surface area contributed by atoms with Crippen molar-refractivity contribution in [2.24, 2.45) is 0 Å². The van der Waals surface area contributed by atoms with E-state index in [1.807, 2.05) is 36.4 Å². The summed E-state index contributed by atoms with van der Waals surface area (Å²) in [5.41, 5.74) is 0.948. The highest BCUT2D eigenvalue weighted by Gasteiger charge is 2.10. The molecule has 1 unspecified atom stereocenters. The lowest BCUT2D eigenvalue weighted by atomic mass is 10.0. The summed E-state index contributed by atoms with van der Waals surface area (Å²) in [6, 6.07) is 11.5. The summed E-state index contributed by atoms with van der Waals surface area (Å²) in [7, 11) is 1.62. The van der Waals surface area contributed by atoms with Crippen molar-refractivity contribution in [2.45, 2.75) is 19.4 Å². The minimum atomic E-state index is -0.230. The Morgan fingerprint density at radius 1 is 1.35 bits per heavy atom. The molecule has 0 aliphatic carbocycles. The Kier molecular flexibility index (Phi) is 4.58. The van der Waals surface area contributed by atoms with Crippen LogP contribution in [0.2, 0.25) is 0 Å². The Bertz CT molecular complexity index is 610. The predicted octanol–water partition coefficient (Wildman–Crippen LogP) is 1.89. The van der Waals surface area contributed by atoms with E-state index in [1.165, 1.54) is 0 Å². The third-order valence-electron chi connectivity index (χ3n) is 3.21. The highest BCUT2D eigenvalue weighted by molar-refractivity contribution is 5.91. The molecule has 0 saturated heterocycles. The largest absolute Gasteiger partial charge is 0.497 e. The summed E-state index contributed by atoms with van der Waals surface area (Å²) < 4.78 is 5.23. The van der Waals surface area contributed by atoms with Crippen molar-refractivity contribution in [3.8, 4) is 5.75 Å². The lowest BCUT2D eigenvalue weighted by molar-refractivity contribution is -0.121. The molecule has 1 amide bonds. The Morgan fingerprint density at radius 2 is 2.15 bits per heavy atom. The molecule has 0 heterocycles. The fourth-order valence-corrected chi connectivity index (χ4v) is 2.14. The third kappa shape index (κ3) is 3.27. The van der Waals surface area contributed by atoms with Gasteiger partial charge in [0.1, 0.15) is 5.75 Å². The van der Waals surface area contributed by atoms with Crippen LogP contribution in [0.4, 0.5) is 0 Å². The van der Waals surface area contributed by atoms with Gasteiger partial charge in [0, 0.05) is 6.04 Å². The molecule has 0 aliphatic rings. The number of methoxy groups -OCH3 is 1. The van der Waals surface area contributed by atoms with Crippen molar-refractivity contribution < 1.29 is 14.6 Å². The first-order valence-corrected chi connectivity index (χ1v) is 6.60. The molecule has 0 saturated carbocycles. The third-order valence-corrected chi connectivity index (χ3v) is 3.21. The van der Waals surface area contributed by atoms with Crippen LogP contribution in [0.25, 0.3) is 10.8 Å². The number of carbonyl (C=O) groups excluding carboxylic acids is 1. The quantitative estimate of drug-likeness (QED) is 0.874. The minimum absolute atomic E-state index is 0.0604. The van der Waals surface area contributed by atoms with Gasteiger partial charge >= 0.3 is 0 Å². The molecule has 0 bridgehead atoms. The Labute approximate surface area is 118 Å². The number of aliphatic hydroxyl groups is 1. The molecular weight excluding hydrogens is 254 g/mol. The number of rotatable bonds is 5. The molecule has 2 aromatic carbocycles. The van der Waals surface area contributed by atoms with Crippen LogP contribution in [0.3, 0.4) is 0 Å². The van der Waals surface area contributed by atoms with Gasteiger partial charge < -0.3 is 15.2 Å². The molecule has 0 spiro atoms. The minimum Gasteiger partial charge on any atom is -0.497 e. The van der Waals surface area contributed by atoms with Crippen LogP contribution in [0.15, 0.2) is 36.4 Å². The summed E-state index contributed by atoms with van der Waals surface area (Å²) in [6.07, 6.45) is 0.287. The smallest absolute Gasteiger partial charge is 0.224 e. The van der Waals surface area contributed by atoms with Gasteiger partial charge in [-0.1, -0.05) is 24.3 Å². The highest BCUT2D eigenvalue weighted by Crippen LogP contribution is 2.24. The fraction of sp³-hybridized carbons (Fsp3) is 0.312. The van der Waals surface area contributed by atoms with E-state index in [4.69, 9.17) is 9.84 Å². The molecule has 0 aromatic heterocycles. The van der Waals surface area contributed by atoms with Gasteiger partial charge in [0.25, 0.3) is 0 Å². The lowest BCUT2D eigenvalue weighted by Gasteiger charge is -2.12. The molecule has 4 heteroatoms. The van der Waals surface area contributed by atoms with Crippen molar-refractivity contribution in [3.63, 3.8) is 0 Å². The van der Waals surface area contributed by atoms with Gasteiger partial charge in [0.15, 0.2) is 0 Å². The van der Waals surface area contributed by atoms with E-state index in [2.05, 4.69) is 5.32 Å². The maximum atomic E-state index is 11.9. The molecular formula is C16H19NO3. The van der Waals surface area contributed by atoms with Crippen LogP contribution in [0.1, 0.15) is 12.5 Å². The normalized spacial score (nSPS) is 12.2. The average molecular weight is 273 g/mol. The van der Waals surface area contributed by atoms with Crippen molar-refractivity contribution in [3.05, 3.63) is 42.0 Å². The topological polar surface area (TPSA) is 58.6 Å². The van der Waals surface area contributed by atoms with E-state index < -0.39 is 0 Å². The van der Waals surface area contributed by atoms with Crippen LogP contribution >= 0.6 is 0 Å². The van der Waals surface area contributed by atoms with E-state index in [1.54, 1.807) is 14.0 Å². The number of hydrogen-bond donors (Lipinski definition) is 2. The zero-order valence-corrected chi connectivity index (χ0v) is 11.7. The number of amides is 1. The van der Waals surface area contributed by atoms with E-state index in [0.29, 0.717) is 0 Å². The fourth-order valence-electron chi connectivity index (χ4n) is 2.14. The average Bonchev–Trinajstić information content (AvgIpc) is 2.46. The number of carbonyl (C=O) groups is 1. The van der Waals surface area contributed by atoms with Gasteiger partial charge in [0.05, 0.1) is 20.1 Å². The maximum absolute atomic E-state index is 11.9. The van der Waals surface area contributed by atoms with Gasteiger partial charge in [-0.25, -0.2) is 0 Å². The summed E-state index contributed by atoms with van der Waals surface area (Å²) >= 11 is 0. The van der Waals surface area contributed by atoms with Crippen LogP contribution in [-0.4, -0.2) is 30.8 Å². The molecule has 2 aromatic rings. The van der Waals surface area contributed by atoms with Crippen molar-refractivity contribution in [2.75, 3.05) is 13.7 Å². The van der Waals surface area contributed by atoms with Gasteiger partial charge in [-0.2, -0.15) is 0 Å². The molecule has 20 heavy (non-hydrogen) atoms. The second kappa shape index (κ2) is 6.39. The maximum Gasteiger partial charge on any atom is 0.224 e. The monoisotopic (exact) mass is 273 g/mol. The first-order valence-electron chi connectivity index (χ1n) is 6.60. The summed E-state index contributed by atoms with van der Waals surface area (Å²) in [6.45, 7) is 1.71. The molecule has 0 fully saturated rings. The van der Waals surface area contributed by atoms with E-state index in [9.17, 15) is 4.79 Å². The first-order chi connectivity index (χ1) is 9.63. The zero-order chi connectivity index (χ0) is 14.5. The molecule has 0 aliphatic heterocycles. The summed E-state index contributed by atoms with van der Waals surface area (Å²) in [5.74, 6) is 0.677. The number of nitrogens with one attached hydrogen (secondary N) is 1. The second-order valence-corrected chi connectivity index (χ2v) is 4.83. The Morgan fingerprint density at radius 3 is 2.85 bits per heavy atom. The van der Waals surface area contributed by atoms with Gasteiger partial charge in [-0.15, -0.1) is 0 Å². The Balaban J connectivity index is 2.27. The molecule has 1 atom stereocenters. The number of fused-ring (bicyclic) bond motifs is 1. The summed E-state index contributed by atoms with van der Waals surface area (Å²) in [4.78, 5) is 11.9. The lowest BCUT2D eigenvalue weighted by Crippen LogP contribution is -2.36. The standard InChI is InChI=1S/C16H19NO3/c1-11(10-18)17-16(19)8-13-5-3-4-12-6-7-14(20-2)9-15(12)13/h3-7,9,11,18H,8,10H2,1-2H3,(H,17,19). The molecule has 106 valence electrons. The summed E-state index contributed by atoms with van der Waals surface area (Å²) in [5, 5.41) is 13.8. The first kappa shape index (κ1) is 14.3. The van der Waals surface area contributed by atoms with Crippen LogP contribution in [-0.2, 0) is 11.2 Å². The van der Waals surface area contributed by atoms with Gasteiger partial charge in [0.2, 0.25) is 5.91 Å². The molecule has 2 N–H and O–H groups in total. The number of ether oxygens (including phenoxy) is 1. The number of aliphatic hydroxyl groups excluding tert-OH is 1. The van der Waals surface area contributed by atoms with Crippen LogP contribution in [0, 0.1) is 0 Å². The second-order valence-electron chi connectivity index (χ2n) is 4.83. The SMILES string of the molecule is COc1ccc2cccc(CC(=O)NC(C)CO)c2c1. The molecule has 0 radical (unpaired) electrons. The van der Waals surface area contributed by atoms with Crippen molar-refractivity contribution >= 4 is 16.7 Å². The van der Waals surface area contributed by atoms with Crippen molar-refractivity contribution in [1.29, 1.82) is 0 Å². The zero-order valence-electron chi connectivity index (χ0n) is 11.7. The highest BCUT2D eigenvalue weighted by atomic mass is 16.5. The molecule has 2 rings (SSSR count). The van der Waals surface area contributed by atoms with E-state index >= 15 is 0 Å². The number of benzene rings is 2. The number of hydrogen-bond acceptors (Lipinski definition) is 3. The van der Waals surface area contributed by atoms with Crippen molar-refractivity contribution in [1.82, 2.24) is 5.32 Å². The molecule has 4 nitrogen and oxygen atoms in total. The van der Waals surface area contributed by atoms with Gasteiger partial charge in [-0.05, 0) is 35.4 Å². The van der Waals surface area contributed by atoms with Crippen LogP contribution in [0.5, 0.6) is 5.75 Å². The van der Waals surface area contributed by atoms with Crippen LogP contribution < -0.4 is 10.1 Å². The predicted molar refractivity (Wildman–Crippen MR) is 78.9 cm³/mol. The van der Waals surface area contributed by atoms with E-state index in [0.717, 1.165) is 22.1 Å². The van der Waals surface area contributed by atoms with Gasteiger partial charge in [-0.3, -0.25) is 4.79 Å².